The fourth-order valence-electron chi connectivity index (χ4n) is 2.07. The van der Waals surface area contributed by atoms with Crippen molar-refractivity contribution in [3.05, 3.63) is 23.8 Å². The summed E-state index contributed by atoms with van der Waals surface area (Å²) < 4.78 is 17.0. The molecule has 0 amide bonds. The van der Waals surface area contributed by atoms with Gasteiger partial charge >= 0.3 is 0 Å². The summed E-state index contributed by atoms with van der Waals surface area (Å²) >= 11 is 0. The summed E-state index contributed by atoms with van der Waals surface area (Å²) in [5, 5.41) is 3.43. The number of rotatable bonds is 9. The molecule has 4 nitrogen and oxygen atoms in total. The molecule has 1 aromatic rings. The summed E-state index contributed by atoms with van der Waals surface area (Å²) in [6.07, 6.45) is 0.165. The molecule has 0 aromatic heterocycles. The van der Waals surface area contributed by atoms with Crippen LogP contribution >= 0.6 is 0 Å². The third-order valence-corrected chi connectivity index (χ3v) is 3.01. The van der Waals surface area contributed by atoms with Crippen LogP contribution in [0.4, 0.5) is 0 Å². The average molecular weight is 295 g/mol. The Morgan fingerprint density at radius 1 is 1.10 bits per heavy atom. The van der Waals surface area contributed by atoms with Crippen LogP contribution in [0.25, 0.3) is 0 Å². The lowest BCUT2D eigenvalue weighted by molar-refractivity contribution is 0.00605. The Bertz CT molecular complexity index is 418. The van der Waals surface area contributed by atoms with Gasteiger partial charge in [0.05, 0.1) is 25.9 Å². The van der Waals surface area contributed by atoms with Crippen LogP contribution in [0.5, 0.6) is 11.5 Å². The quantitative estimate of drug-likeness (QED) is 0.756. The molecular formula is C17H29NO3. The number of nitrogens with one attached hydrogen (secondary N) is 1. The predicted molar refractivity (Wildman–Crippen MR) is 86.3 cm³/mol. The summed E-state index contributed by atoms with van der Waals surface area (Å²) in [4.78, 5) is 0. The number of ether oxygens (including phenoxy) is 3. The molecule has 1 rings (SSSR count). The Kier molecular flexibility index (Phi) is 7.54. The highest BCUT2D eigenvalue weighted by Crippen LogP contribution is 2.31. The Morgan fingerprint density at radius 2 is 1.81 bits per heavy atom. The van der Waals surface area contributed by atoms with E-state index in [9.17, 15) is 0 Å². The molecule has 0 bridgehead atoms. The first kappa shape index (κ1) is 17.8. The first-order chi connectivity index (χ1) is 9.97. The van der Waals surface area contributed by atoms with Gasteiger partial charge in [0.25, 0.3) is 0 Å². The Labute approximate surface area is 128 Å². The lowest BCUT2D eigenvalue weighted by atomic mass is 10.1. The van der Waals surface area contributed by atoms with Crippen molar-refractivity contribution in [2.45, 2.75) is 52.9 Å². The molecule has 0 fully saturated rings. The molecule has 0 heterocycles. The lowest BCUT2D eigenvalue weighted by Gasteiger charge is -2.23. The highest BCUT2D eigenvalue weighted by Gasteiger charge is 2.17. The van der Waals surface area contributed by atoms with Crippen molar-refractivity contribution in [1.29, 1.82) is 0 Å². The monoisotopic (exact) mass is 295 g/mol. The van der Waals surface area contributed by atoms with Crippen LogP contribution in [0.2, 0.25) is 0 Å². The third kappa shape index (κ3) is 5.94. The minimum atomic E-state index is -0.00280. The van der Waals surface area contributed by atoms with E-state index in [2.05, 4.69) is 19.2 Å². The van der Waals surface area contributed by atoms with Crippen molar-refractivity contribution >= 4 is 0 Å². The molecule has 0 aliphatic heterocycles. The van der Waals surface area contributed by atoms with Gasteiger partial charge in [-0.2, -0.15) is 0 Å². The highest BCUT2D eigenvalue weighted by molar-refractivity contribution is 5.43. The number of methoxy groups -OCH3 is 1. The molecule has 1 N–H and O–H groups in total. The van der Waals surface area contributed by atoms with Crippen molar-refractivity contribution in [3.8, 4) is 11.5 Å². The maximum absolute atomic E-state index is 6.03. The van der Waals surface area contributed by atoms with Gasteiger partial charge < -0.3 is 19.5 Å². The zero-order chi connectivity index (χ0) is 15.8. The van der Waals surface area contributed by atoms with E-state index in [0.29, 0.717) is 12.6 Å². The minimum Gasteiger partial charge on any atom is -0.493 e. The van der Waals surface area contributed by atoms with Gasteiger partial charge in [-0.3, -0.25) is 0 Å². The fraction of sp³-hybridized carbons (Fsp3) is 0.647. The summed E-state index contributed by atoms with van der Waals surface area (Å²) in [5.41, 5.74) is 1.09. The van der Waals surface area contributed by atoms with Crippen molar-refractivity contribution in [2.24, 2.45) is 0 Å². The Hall–Kier alpha value is -1.26. The van der Waals surface area contributed by atoms with Crippen LogP contribution in [0.1, 0.15) is 46.3 Å². The lowest BCUT2D eigenvalue weighted by Crippen LogP contribution is -2.30. The molecule has 21 heavy (non-hydrogen) atoms. The third-order valence-electron chi connectivity index (χ3n) is 3.01. The normalized spacial score (nSPS) is 12.8. The van der Waals surface area contributed by atoms with Crippen LogP contribution in [0.3, 0.4) is 0 Å². The largest absolute Gasteiger partial charge is 0.493 e. The first-order valence-electron chi connectivity index (χ1n) is 7.67. The maximum Gasteiger partial charge on any atom is 0.161 e. The molecule has 1 aromatic carbocycles. The molecular weight excluding hydrogens is 266 g/mol. The number of benzene rings is 1. The molecule has 4 heteroatoms. The Morgan fingerprint density at radius 3 is 2.33 bits per heavy atom. The minimum absolute atomic E-state index is 0.00280. The van der Waals surface area contributed by atoms with Gasteiger partial charge in [0.15, 0.2) is 11.5 Å². The number of hydrogen-bond acceptors (Lipinski definition) is 4. The SMILES string of the molecule is CCOc1ccc(C(CNC(C)C)OC(C)C)cc1OC. The zero-order valence-corrected chi connectivity index (χ0v) is 14.1. The molecule has 1 unspecified atom stereocenters. The van der Waals surface area contributed by atoms with Gasteiger partial charge in [0.1, 0.15) is 0 Å². The van der Waals surface area contributed by atoms with Gasteiger partial charge in [-0.15, -0.1) is 0 Å². The topological polar surface area (TPSA) is 39.7 Å². The highest BCUT2D eigenvalue weighted by atomic mass is 16.5. The molecule has 0 saturated heterocycles. The van der Waals surface area contributed by atoms with Crippen molar-refractivity contribution in [1.82, 2.24) is 5.32 Å². The maximum atomic E-state index is 6.03. The molecule has 0 radical (unpaired) electrons. The molecule has 0 aliphatic rings. The first-order valence-corrected chi connectivity index (χ1v) is 7.67. The van der Waals surface area contributed by atoms with Crippen molar-refractivity contribution < 1.29 is 14.2 Å². The van der Waals surface area contributed by atoms with E-state index in [-0.39, 0.29) is 12.2 Å². The second-order valence-electron chi connectivity index (χ2n) is 5.58. The second-order valence-corrected chi connectivity index (χ2v) is 5.58. The van der Waals surface area contributed by atoms with E-state index in [1.165, 1.54) is 0 Å². The summed E-state index contributed by atoms with van der Waals surface area (Å²) in [6.45, 7) is 11.7. The van der Waals surface area contributed by atoms with Crippen LogP contribution in [0.15, 0.2) is 18.2 Å². The Balaban J connectivity index is 2.94. The standard InChI is InChI=1S/C17H29NO3/c1-7-20-15-9-8-14(10-16(15)19-6)17(21-13(4)5)11-18-12(2)3/h8-10,12-13,17-18H,7,11H2,1-6H3. The molecule has 120 valence electrons. The smallest absolute Gasteiger partial charge is 0.161 e. The van der Waals surface area contributed by atoms with E-state index in [4.69, 9.17) is 14.2 Å². The van der Waals surface area contributed by atoms with Crippen LogP contribution < -0.4 is 14.8 Å². The van der Waals surface area contributed by atoms with Crippen molar-refractivity contribution in [2.75, 3.05) is 20.3 Å². The van der Waals surface area contributed by atoms with E-state index < -0.39 is 0 Å². The molecule has 0 spiro atoms. The summed E-state index contributed by atoms with van der Waals surface area (Å²) in [6, 6.07) is 6.42. The average Bonchev–Trinajstić information content (AvgIpc) is 2.43. The molecule has 0 saturated carbocycles. The second kappa shape index (κ2) is 8.90. The van der Waals surface area contributed by atoms with Crippen molar-refractivity contribution in [3.63, 3.8) is 0 Å². The molecule has 0 aliphatic carbocycles. The van der Waals surface area contributed by atoms with Gasteiger partial charge in [-0.05, 0) is 38.5 Å². The van der Waals surface area contributed by atoms with Gasteiger partial charge in [0, 0.05) is 12.6 Å². The van der Waals surface area contributed by atoms with E-state index in [0.717, 1.165) is 23.6 Å². The van der Waals surface area contributed by atoms with Gasteiger partial charge in [-0.1, -0.05) is 19.9 Å². The van der Waals surface area contributed by atoms with E-state index in [1.54, 1.807) is 7.11 Å². The molecule has 1 atom stereocenters. The van der Waals surface area contributed by atoms with Crippen LogP contribution in [0, 0.1) is 0 Å². The van der Waals surface area contributed by atoms with E-state index >= 15 is 0 Å². The van der Waals surface area contributed by atoms with Crippen LogP contribution in [-0.4, -0.2) is 32.4 Å². The number of hydrogen-bond donors (Lipinski definition) is 1. The van der Waals surface area contributed by atoms with E-state index in [1.807, 2.05) is 39.0 Å². The zero-order valence-electron chi connectivity index (χ0n) is 14.1. The summed E-state index contributed by atoms with van der Waals surface area (Å²) in [5.74, 6) is 1.51. The van der Waals surface area contributed by atoms with Crippen LogP contribution in [-0.2, 0) is 4.74 Å². The van der Waals surface area contributed by atoms with Gasteiger partial charge in [-0.25, -0.2) is 0 Å². The predicted octanol–water partition coefficient (Wildman–Crippen LogP) is 3.56. The summed E-state index contributed by atoms with van der Waals surface area (Å²) in [7, 11) is 1.66. The fourth-order valence-corrected chi connectivity index (χ4v) is 2.07. The van der Waals surface area contributed by atoms with Gasteiger partial charge in [0.2, 0.25) is 0 Å².